The second-order valence-corrected chi connectivity index (χ2v) is 5.44. The zero-order valence-electron chi connectivity index (χ0n) is 10.4. The van der Waals surface area contributed by atoms with Gasteiger partial charge in [-0.2, -0.15) is 0 Å². The fourth-order valence-corrected chi connectivity index (χ4v) is 2.35. The summed E-state index contributed by atoms with van der Waals surface area (Å²) in [5.74, 6) is 1.09. The molecule has 1 aromatic rings. The maximum absolute atomic E-state index is 11.8. The number of rotatable bonds is 5. The topological polar surface area (TPSA) is 51.2 Å². The van der Waals surface area contributed by atoms with E-state index in [0.717, 1.165) is 23.9 Å². The van der Waals surface area contributed by atoms with E-state index in [-0.39, 0.29) is 5.91 Å². The molecule has 1 N–H and O–H groups in total. The van der Waals surface area contributed by atoms with Gasteiger partial charge in [0.25, 0.3) is 0 Å². The molecule has 0 aliphatic heterocycles. The summed E-state index contributed by atoms with van der Waals surface area (Å²) < 4.78 is 6.37. The van der Waals surface area contributed by atoms with E-state index < -0.39 is 0 Å². The first kappa shape index (κ1) is 13.5. The van der Waals surface area contributed by atoms with E-state index in [4.69, 9.17) is 4.74 Å². The van der Waals surface area contributed by atoms with Crippen LogP contribution in [0, 0.1) is 5.92 Å². The molecule has 1 heterocycles. The van der Waals surface area contributed by atoms with Crippen molar-refractivity contribution in [3.05, 3.63) is 22.8 Å². The molecule has 18 heavy (non-hydrogen) atoms. The molecule has 98 valence electrons. The summed E-state index contributed by atoms with van der Waals surface area (Å²) in [6.45, 7) is 2.76. The van der Waals surface area contributed by atoms with Gasteiger partial charge in [-0.05, 0) is 53.7 Å². The largest absolute Gasteiger partial charge is 0.378 e. The van der Waals surface area contributed by atoms with Crippen molar-refractivity contribution >= 4 is 27.7 Å². The summed E-state index contributed by atoms with van der Waals surface area (Å²) in [7, 11) is 0. The molecule has 4 nitrogen and oxygen atoms in total. The van der Waals surface area contributed by atoms with Crippen LogP contribution in [-0.2, 0) is 9.53 Å². The Bertz CT molecular complexity index is 402. The fourth-order valence-electron chi connectivity index (χ4n) is 2.12. The zero-order chi connectivity index (χ0) is 13.0. The number of ether oxygens (including phenoxy) is 1. The minimum Gasteiger partial charge on any atom is -0.378 e. The molecule has 0 aromatic carbocycles. The molecule has 0 saturated heterocycles. The second-order valence-electron chi connectivity index (χ2n) is 4.53. The molecule has 1 aliphatic rings. The van der Waals surface area contributed by atoms with Crippen LogP contribution < -0.4 is 5.32 Å². The third-order valence-corrected chi connectivity index (χ3v) is 3.53. The van der Waals surface area contributed by atoms with E-state index in [1.807, 2.05) is 13.0 Å². The van der Waals surface area contributed by atoms with Gasteiger partial charge in [0.05, 0.1) is 6.10 Å². The van der Waals surface area contributed by atoms with E-state index in [1.165, 1.54) is 0 Å². The Labute approximate surface area is 115 Å². The SMILES string of the molecule is CCOC1CC(CC(=O)Nc2ccc(Br)cn2)C1. The average molecular weight is 313 g/mol. The number of aromatic nitrogens is 1. The Balaban J connectivity index is 1.72. The predicted octanol–water partition coefficient (Wildman–Crippen LogP) is 2.99. The number of hydrogen-bond donors (Lipinski definition) is 1. The standard InChI is InChI=1S/C13H17BrN2O2/c1-2-18-11-5-9(6-11)7-13(17)16-12-4-3-10(14)8-15-12/h3-4,8-9,11H,2,5-7H2,1H3,(H,15,16,17). The Morgan fingerprint density at radius 3 is 2.94 bits per heavy atom. The summed E-state index contributed by atoms with van der Waals surface area (Å²) >= 11 is 3.30. The molecule has 1 amide bonds. The van der Waals surface area contributed by atoms with Gasteiger partial charge in [0, 0.05) is 23.7 Å². The van der Waals surface area contributed by atoms with E-state index in [2.05, 4.69) is 26.2 Å². The Morgan fingerprint density at radius 1 is 1.56 bits per heavy atom. The lowest BCUT2D eigenvalue weighted by molar-refractivity contribution is -0.119. The van der Waals surface area contributed by atoms with Crippen molar-refractivity contribution in [3.8, 4) is 0 Å². The lowest BCUT2D eigenvalue weighted by atomic mass is 9.80. The normalized spacial score (nSPS) is 22.3. The molecule has 0 radical (unpaired) electrons. The number of nitrogens with one attached hydrogen (secondary N) is 1. The van der Waals surface area contributed by atoms with Crippen LogP contribution in [0.4, 0.5) is 5.82 Å². The third kappa shape index (κ3) is 3.78. The molecule has 0 unspecified atom stereocenters. The van der Waals surface area contributed by atoms with Crippen molar-refractivity contribution in [1.29, 1.82) is 0 Å². The fraction of sp³-hybridized carbons (Fsp3) is 0.538. The number of carbonyl (C=O) groups excluding carboxylic acids is 1. The van der Waals surface area contributed by atoms with Gasteiger partial charge < -0.3 is 10.1 Å². The van der Waals surface area contributed by atoms with Gasteiger partial charge in [-0.25, -0.2) is 4.98 Å². The van der Waals surface area contributed by atoms with Crippen molar-refractivity contribution in [1.82, 2.24) is 4.98 Å². The first-order valence-corrected chi connectivity index (χ1v) is 6.99. The Kier molecular flexibility index (Phi) is 4.72. The summed E-state index contributed by atoms with van der Waals surface area (Å²) in [5.41, 5.74) is 0. The number of nitrogens with zero attached hydrogens (tertiary/aromatic N) is 1. The molecule has 2 rings (SSSR count). The van der Waals surface area contributed by atoms with Crippen molar-refractivity contribution < 1.29 is 9.53 Å². The van der Waals surface area contributed by atoms with Crippen molar-refractivity contribution in [2.75, 3.05) is 11.9 Å². The molecule has 1 aromatic heterocycles. The number of halogens is 1. The first-order chi connectivity index (χ1) is 8.67. The minimum absolute atomic E-state index is 0.0322. The van der Waals surface area contributed by atoms with Crippen molar-refractivity contribution in [3.63, 3.8) is 0 Å². The maximum Gasteiger partial charge on any atom is 0.225 e. The number of anilines is 1. The molecule has 1 aliphatic carbocycles. The lowest BCUT2D eigenvalue weighted by Crippen LogP contribution is -2.33. The van der Waals surface area contributed by atoms with Crippen LogP contribution in [0.15, 0.2) is 22.8 Å². The molecular weight excluding hydrogens is 296 g/mol. The highest BCUT2D eigenvalue weighted by atomic mass is 79.9. The molecule has 0 atom stereocenters. The highest BCUT2D eigenvalue weighted by Crippen LogP contribution is 2.32. The second kappa shape index (κ2) is 6.29. The molecule has 1 fully saturated rings. The van der Waals surface area contributed by atoms with E-state index >= 15 is 0 Å². The third-order valence-electron chi connectivity index (χ3n) is 3.06. The lowest BCUT2D eigenvalue weighted by Gasteiger charge is -2.34. The summed E-state index contributed by atoms with van der Waals surface area (Å²) in [5, 5.41) is 2.80. The zero-order valence-corrected chi connectivity index (χ0v) is 11.9. The van der Waals surface area contributed by atoms with Gasteiger partial charge in [0.2, 0.25) is 5.91 Å². The quantitative estimate of drug-likeness (QED) is 0.909. The average Bonchev–Trinajstić information content (AvgIpc) is 2.29. The molecular formula is C13H17BrN2O2. The molecule has 0 bridgehead atoms. The first-order valence-electron chi connectivity index (χ1n) is 6.20. The predicted molar refractivity (Wildman–Crippen MR) is 73.3 cm³/mol. The van der Waals surface area contributed by atoms with Gasteiger partial charge >= 0.3 is 0 Å². The van der Waals surface area contributed by atoms with E-state index in [0.29, 0.717) is 24.3 Å². The number of amides is 1. The van der Waals surface area contributed by atoms with Crippen LogP contribution in [0.5, 0.6) is 0 Å². The monoisotopic (exact) mass is 312 g/mol. The van der Waals surface area contributed by atoms with Gasteiger partial charge in [-0.3, -0.25) is 4.79 Å². The van der Waals surface area contributed by atoms with Crippen LogP contribution >= 0.6 is 15.9 Å². The van der Waals surface area contributed by atoms with Crippen LogP contribution in [-0.4, -0.2) is 23.6 Å². The number of hydrogen-bond acceptors (Lipinski definition) is 3. The van der Waals surface area contributed by atoms with Gasteiger partial charge in [-0.1, -0.05) is 0 Å². The van der Waals surface area contributed by atoms with Gasteiger partial charge in [0.1, 0.15) is 5.82 Å². The van der Waals surface area contributed by atoms with Crippen LogP contribution in [0.2, 0.25) is 0 Å². The van der Waals surface area contributed by atoms with Crippen LogP contribution in [0.25, 0.3) is 0 Å². The number of carbonyl (C=O) groups is 1. The van der Waals surface area contributed by atoms with Crippen LogP contribution in [0.3, 0.4) is 0 Å². The Morgan fingerprint density at radius 2 is 2.33 bits per heavy atom. The highest BCUT2D eigenvalue weighted by Gasteiger charge is 2.31. The van der Waals surface area contributed by atoms with E-state index in [9.17, 15) is 4.79 Å². The number of pyridine rings is 1. The molecule has 0 spiro atoms. The van der Waals surface area contributed by atoms with Crippen molar-refractivity contribution in [2.45, 2.75) is 32.3 Å². The van der Waals surface area contributed by atoms with Gasteiger partial charge in [0.15, 0.2) is 0 Å². The van der Waals surface area contributed by atoms with E-state index in [1.54, 1.807) is 12.3 Å². The minimum atomic E-state index is 0.0322. The maximum atomic E-state index is 11.8. The smallest absolute Gasteiger partial charge is 0.225 e. The van der Waals surface area contributed by atoms with Crippen molar-refractivity contribution in [2.24, 2.45) is 5.92 Å². The molecule has 1 saturated carbocycles. The van der Waals surface area contributed by atoms with Gasteiger partial charge in [-0.15, -0.1) is 0 Å². The summed E-state index contributed by atoms with van der Waals surface area (Å²) in [6.07, 6.45) is 4.58. The summed E-state index contributed by atoms with van der Waals surface area (Å²) in [6, 6.07) is 3.64. The Hall–Kier alpha value is -0.940. The van der Waals surface area contributed by atoms with Crippen LogP contribution in [0.1, 0.15) is 26.2 Å². The summed E-state index contributed by atoms with van der Waals surface area (Å²) in [4.78, 5) is 15.9. The molecule has 5 heteroatoms. The highest BCUT2D eigenvalue weighted by molar-refractivity contribution is 9.10.